The lowest BCUT2D eigenvalue weighted by molar-refractivity contribution is -0.119. The van der Waals surface area contributed by atoms with Crippen LogP contribution in [0.2, 0.25) is 5.02 Å². The largest absolute Gasteiger partial charge is 0.352 e. The molecular formula is C28H27ClN4O2. The van der Waals surface area contributed by atoms with E-state index in [0.29, 0.717) is 30.0 Å². The zero-order chi connectivity index (χ0) is 24.2. The van der Waals surface area contributed by atoms with Gasteiger partial charge in [0.15, 0.2) is 0 Å². The summed E-state index contributed by atoms with van der Waals surface area (Å²) in [5.41, 5.74) is 4.59. The number of amides is 2. The zero-order valence-electron chi connectivity index (χ0n) is 19.4. The van der Waals surface area contributed by atoms with Crippen LogP contribution in [0.1, 0.15) is 34.6 Å². The van der Waals surface area contributed by atoms with E-state index in [-0.39, 0.29) is 18.4 Å². The number of hydrogen-bond donors (Lipinski definition) is 1. The third-order valence-corrected chi connectivity index (χ3v) is 6.62. The van der Waals surface area contributed by atoms with Crippen LogP contribution in [0, 0.1) is 0 Å². The van der Waals surface area contributed by atoms with Gasteiger partial charge in [-0.25, -0.2) is 4.98 Å². The van der Waals surface area contributed by atoms with E-state index in [1.54, 1.807) is 24.3 Å². The molecule has 1 aliphatic heterocycles. The molecule has 1 aliphatic rings. The quantitative estimate of drug-likeness (QED) is 0.372. The van der Waals surface area contributed by atoms with Gasteiger partial charge in [0, 0.05) is 35.8 Å². The zero-order valence-corrected chi connectivity index (χ0v) is 20.2. The van der Waals surface area contributed by atoms with Crippen LogP contribution >= 0.6 is 11.6 Å². The first-order valence-corrected chi connectivity index (χ1v) is 12.3. The predicted molar refractivity (Wildman–Crippen MR) is 139 cm³/mol. The molecule has 1 aromatic heterocycles. The Balaban J connectivity index is 1.29. The fourth-order valence-electron chi connectivity index (χ4n) is 4.69. The van der Waals surface area contributed by atoms with E-state index < -0.39 is 0 Å². The average Bonchev–Trinajstić information content (AvgIpc) is 3.23. The highest BCUT2D eigenvalue weighted by Crippen LogP contribution is 2.27. The molecule has 0 saturated heterocycles. The second-order valence-electron chi connectivity index (χ2n) is 8.75. The Morgan fingerprint density at radius 2 is 1.83 bits per heavy atom. The number of halogens is 1. The van der Waals surface area contributed by atoms with Gasteiger partial charge < -0.3 is 14.8 Å². The van der Waals surface area contributed by atoms with Crippen LogP contribution in [-0.2, 0) is 24.2 Å². The molecule has 0 atom stereocenters. The number of aromatic nitrogens is 2. The molecular weight excluding hydrogens is 460 g/mol. The van der Waals surface area contributed by atoms with Crippen LogP contribution < -0.4 is 10.2 Å². The number of benzene rings is 3. The third-order valence-electron chi connectivity index (χ3n) is 6.39. The van der Waals surface area contributed by atoms with Gasteiger partial charge in [0.25, 0.3) is 5.91 Å². The Morgan fingerprint density at radius 1 is 1.00 bits per heavy atom. The Morgan fingerprint density at radius 3 is 2.71 bits per heavy atom. The minimum Gasteiger partial charge on any atom is -0.352 e. The summed E-state index contributed by atoms with van der Waals surface area (Å²) >= 11 is 5.99. The van der Waals surface area contributed by atoms with Gasteiger partial charge in [0.2, 0.25) is 5.91 Å². The molecule has 7 heteroatoms. The number of nitrogens with zero attached hydrogens (tertiary/aromatic N) is 3. The first-order valence-electron chi connectivity index (χ1n) is 12.0. The lowest BCUT2D eigenvalue weighted by Crippen LogP contribution is -2.38. The molecule has 35 heavy (non-hydrogen) atoms. The van der Waals surface area contributed by atoms with E-state index in [2.05, 4.69) is 11.4 Å². The number of imidazole rings is 1. The second kappa shape index (κ2) is 10.3. The maximum Gasteiger partial charge on any atom is 0.251 e. The lowest BCUT2D eigenvalue weighted by atomic mass is 10.0. The van der Waals surface area contributed by atoms with E-state index in [1.807, 2.05) is 51.9 Å². The number of rotatable bonds is 7. The minimum atomic E-state index is -0.153. The van der Waals surface area contributed by atoms with Crippen molar-refractivity contribution in [2.24, 2.45) is 0 Å². The van der Waals surface area contributed by atoms with Crippen molar-refractivity contribution in [1.29, 1.82) is 0 Å². The van der Waals surface area contributed by atoms with Crippen LogP contribution in [0.4, 0.5) is 5.69 Å². The van der Waals surface area contributed by atoms with Crippen LogP contribution in [0.5, 0.6) is 0 Å². The van der Waals surface area contributed by atoms with E-state index >= 15 is 0 Å². The van der Waals surface area contributed by atoms with Crippen molar-refractivity contribution in [1.82, 2.24) is 14.9 Å². The maximum absolute atomic E-state index is 13.4. The van der Waals surface area contributed by atoms with E-state index in [1.165, 1.54) is 5.56 Å². The van der Waals surface area contributed by atoms with Crippen LogP contribution in [0.25, 0.3) is 11.0 Å². The van der Waals surface area contributed by atoms with E-state index in [4.69, 9.17) is 16.6 Å². The first-order chi connectivity index (χ1) is 17.1. The third kappa shape index (κ3) is 5.08. The normalized spacial score (nSPS) is 13.0. The molecule has 0 bridgehead atoms. The second-order valence-corrected chi connectivity index (χ2v) is 9.19. The average molecular weight is 487 g/mol. The highest BCUT2D eigenvalue weighted by atomic mass is 35.5. The van der Waals surface area contributed by atoms with Gasteiger partial charge in [-0.2, -0.15) is 0 Å². The summed E-state index contributed by atoms with van der Waals surface area (Å²) < 4.78 is 2.02. The standard InChI is InChI=1S/C28H27ClN4O2/c29-22-11-5-9-21(18-22)28(35)30-16-6-15-26-31-23-12-2-4-14-25(23)33(26)19-27(34)32-17-7-10-20-8-1-3-13-24(20)32/h1-5,8-9,11-14,18H,6-7,10,15-17,19H2,(H,30,35). The molecule has 0 saturated carbocycles. The Bertz CT molecular complexity index is 1380. The molecule has 0 aliphatic carbocycles. The maximum atomic E-state index is 13.4. The van der Waals surface area contributed by atoms with E-state index in [9.17, 15) is 9.59 Å². The number of anilines is 1. The minimum absolute atomic E-state index is 0.0656. The SMILES string of the molecule is O=C(NCCCc1nc2ccccc2n1CC(=O)N1CCCc2ccccc21)c1cccc(Cl)c1. The molecule has 6 nitrogen and oxygen atoms in total. The van der Waals surface area contributed by atoms with Gasteiger partial charge in [0.05, 0.1) is 11.0 Å². The molecule has 0 unspecified atom stereocenters. The number of nitrogens with one attached hydrogen (secondary N) is 1. The molecule has 0 fully saturated rings. The van der Waals surface area contributed by atoms with Gasteiger partial charge in [-0.05, 0) is 61.2 Å². The molecule has 4 aromatic rings. The molecule has 0 spiro atoms. The van der Waals surface area contributed by atoms with Crippen molar-refractivity contribution < 1.29 is 9.59 Å². The fourth-order valence-corrected chi connectivity index (χ4v) is 4.88. The molecule has 3 aromatic carbocycles. The van der Waals surface area contributed by atoms with Gasteiger partial charge in [-0.1, -0.05) is 48.0 Å². The topological polar surface area (TPSA) is 67.2 Å². The molecule has 1 N–H and O–H groups in total. The summed E-state index contributed by atoms with van der Waals surface area (Å²) in [5.74, 6) is 0.762. The predicted octanol–water partition coefficient (Wildman–Crippen LogP) is 5.03. The lowest BCUT2D eigenvalue weighted by Gasteiger charge is -2.29. The highest BCUT2D eigenvalue weighted by Gasteiger charge is 2.24. The van der Waals surface area contributed by atoms with E-state index in [0.717, 1.165) is 41.9 Å². The van der Waals surface area contributed by atoms with Gasteiger partial charge in [0.1, 0.15) is 12.4 Å². The van der Waals surface area contributed by atoms with Gasteiger partial charge in [-0.15, -0.1) is 0 Å². The van der Waals surface area contributed by atoms with Crippen molar-refractivity contribution >= 4 is 40.1 Å². The summed E-state index contributed by atoms with van der Waals surface area (Å²) in [7, 11) is 0. The van der Waals surface area contributed by atoms with Crippen molar-refractivity contribution in [2.75, 3.05) is 18.0 Å². The van der Waals surface area contributed by atoms with Crippen LogP contribution in [-0.4, -0.2) is 34.5 Å². The highest BCUT2D eigenvalue weighted by molar-refractivity contribution is 6.30. The van der Waals surface area contributed by atoms with Crippen molar-refractivity contribution in [3.8, 4) is 0 Å². The Kier molecular flexibility index (Phi) is 6.82. The van der Waals surface area contributed by atoms with Gasteiger partial charge in [-0.3, -0.25) is 9.59 Å². The number of carbonyl (C=O) groups is 2. The fraction of sp³-hybridized carbons (Fsp3) is 0.250. The van der Waals surface area contributed by atoms with Crippen LogP contribution in [0.3, 0.4) is 0 Å². The number of aryl methyl sites for hydroxylation is 2. The number of fused-ring (bicyclic) bond motifs is 2. The van der Waals surface area contributed by atoms with Gasteiger partial charge >= 0.3 is 0 Å². The Labute approximate surface area is 209 Å². The Hall–Kier alpha value is -3.64. The number of carbonyl (C=O) groups excluding carboxylic acids is 2. The molecule has 178 valence electrons. The number of para-hydroxylation sites is 3. The van der Waals surface area contributed by atoms with Crippen molar-refractivity contribution in [3.05, 3.63) is 94.8 Å². The molecule has 5 rings (SSSR count). The van der Waals surface area contributed by atoms with Crippen LogP contribution in [0.15, 0.2) is 72.8 Å². The molecule has 2 amide bonds. The number of hydrogen-bond acceptors (Lipinski definition) is 3. The summed E-state index contributed by atoms with van der Waals surface area (Å²) in [6.07, 6.45) is 3.32. The summed E-state index contributed by atoms with van der Waals surface area (Å²) in [5, 5.41) is 3.48. The summed E-state index contributed by atoms with van der Waals surface area (Å²) in [6.45, 7) is 1.47. The smallest absolute Gasteiger partial charge is 0.251 e. The van der Waals surface area contributed by atoms with Crippen molar-refractivity contribution in [3.63, 3.8) is 0 Å². The first kappa shape index (κ1) is 23.1. The summed E-state index contributed by atoms with van der Waals surface area (Å²) in [4.78, 5) is 32.5. The molecule has 0 radical (unpaired) electrons. The monoisotopic (exact) mass is 486 g/mol. The summed E-state index contributed by atoms with van der Waals surface area (Å²) in [6, 6.07) is 22.9. The van der Waals surface area contributed by atoms with Crippen molar-refractivity contribution in [2.45, 2.75) is 32.2 Å². The molecule has 2 heterocycles.